The van der Waals surface area contributed by atoms with Crippen LogP contribution in [0.5, 0.6) is 11.6 Å². The van der Waals surface area contributed by atoms with Crippen molar-refractivity contribution in [3.63, 3.8) is 0 Å². The molecule has 11 nitrogen and oxygen atoms in total. The van der Waals surface area contributed by atoms with Crippen molar-refractivity contribution in [1.82, 2.24) is 24.8 Å². The van der Waals surface area contributed by atoms with Gasteiger partial charge in [0.2, 0.25) is 11.8 Å². The first-order chi connectivity index (χ1) is 21.2. The van der Waals surface area contributed by atoms with Gasteiger partial charge in [-0.1, -0.05) is 0 Å². The highest BCUT2D eigenvalue weighted by atomic mass is 19.3. The van der Waals surface area contributed by atoms with Crippen LogP contribution in [0.1, 0.15) is 42.7 Å². The smallest absolute Gasteiger partial charge is 0.273 e. The number of carbonyl (C=O) groups is 1. The standard InChI is InChI=1S/C31H35F2N7O4/c1-39-13-8-19(9-14-39)23-4-6-26(37-29(23)43-2)38-31-35-12-7-24(36-31)20-3-5-25(21(17-20)18-34)44-22-10-15-40(16-11-22)30(42)27(41)28(32)33/h3-7,12,17,19,22,27-28,41H,8-11,13-16H2,1-2H3,(H,35,36,37,38)/t27-/m0/s1. The van der Waals surface area contributed by atoms with Crippen molar-refractivity contribution in [2.45, 2.75) is 50.2 Å². The molecule has 2 aromatic heterocycles. The molecule has 0 spiro atoms. The number of piperidine rings is 2. The molecule has 1 atom stereocenters. The molecule has 5 rings (SSSR count). The van der Waals surface area contributed by atoms with E-state index in [-0.39, 0.29) is 19.2 Å². The number of halogens is 2. The van der Waals surface area contributed by atoms with Crippen LogP contribution in [-0.4, -0.2) is 94.7 Å². The van der Waals surface area contributed by atoms with Crippen molar-refractivity contribution in [3.05, 3.63) is 53.7 Å². The van der Waals surface area contributed by atoms with Gasteiger partial charge in [-0.05, 0) is 75.3 Å². The Morgan fingerprint density at radius 2 is 1.84 bits per heavy atom. The van der Waals surface area contributed by atoms with E-state index in [1.54, 1.807) is 37.6 Å². The van der Waals surface area contributed by atoms with Gasteiger partial charge in [-0.3, -0.25) is 4.79 Å². The number of hydrogen-bond donors (Lipinski definition) is 2. The lowest BCUT2D eigenvalue weighted by molar-refractivity contribution is -0.150. The van der Waals surface area contributed by atoms with Gasteiger partial charge in [0.05, 0.1) is 18.4 Å². The molecule has 0 unspecified atom stereocenters. The second-order valence-electron chi connectivity index (χ2n) is 11.0. The lowest BCUT2D eigenvalue weighted by atomic mass is 9.90. The predicted octanol–water partition coefficient (Wildman–Crippen LogP) is 3.97. The first kappa shape index (κ1) is 31.0. The van der Waals surface area contributed by atoms with Crippen molar-refractivity contribution in [2.75, 3.05) is 45.7 Å². The molecule has 0 saturated carbocycles. The molecule has 0 aliphatic carbocycles. The van der Waals surface area contributed by atoms with Crippen LogP contribution in [0.3, 0.4) is 0 Å². The quantitative estimate of drug-likeness (QED) is 0.368. The van der Waals surface area contributed by atoms with Crippen LogP contribution < -0.4 is 14.8 Å². The number of nitrogens with zero attached hydrogens (tertiary/aromatic N) is 6. The van der Waals surface area contributed by atoms with E-state index in [9.17, 15) is 23.9 Å². The Morgan fingerprint density at radius 3 is 2.52 bits per heavy atom. The molecule has 1 amide bonds. The van der Waals surface area contributed by atoms with E-state index in [2.05, 4.69) is 38.3 Å². The van der Waals surface area contributed by atoms with Crippen LogP contribution in [0.4, 0.5) is 20.5 Å². The number of likely N-dealkylation sites (tertiary alicyclic amines) is 2. The monoisotopic (exact) mass is 607 g/mol. The number of benzene rings is 1. The predicted molar refractivity (Wildman–Crippen MR) is 158 cm³/mol. The van der Waals surface area contributed by atoms with Crippen molar-refractivity contribution in [2.24, 2.45) is 0 Å². The minimum Gasteiger partial charge on any atom is -0.489 e. The van der Waals surface area contributed by atoms with E-state index < -0.39 is 18.4 Å². The maximum atomic E-state index is 12.7. The summed E-state index contributed by atoms with van der Waals surface area (Å²) in [6.45, 7) is 2.42. The molecular weight excluding hydrogens is 572 g/mol. The second kappa shape index (κ2) is 13.9. The Kier molecular flexibility index (Phi) is 9.82. The van der Waals surface area contributed by atoms with Gasteiger partial charge in [-0.25, -0.2) is 18.7 Å². The number of amides is 1. The fraction of sp³-hybridized carbons (Fsp3) is 0.452. The average molecular weight is 608 g/mol. The first-order valence-electron chi connectivity index (χ1n) is 14.6. The lowest BCUT2D eigenvalue weighted by Gasteiger charge is -2.33. The van der Waals surface area contributed by atoms with E-state index in [1.165, 1.54) is 4.90 Å². The molecule has 0 radical (unpaired) electrons. The number of alkyl halides is 2. The van der Waals surface area contributed by atoms with Crippen molar-refractivity contribution >= 4 is 17.7 Å². The minimum absolute atomic E-state index is 0.172. The Hall–Kier alpha value is -4.41. The Bertz CT molecular complexity index is 1500. The van der Waals surface area contributed by atoms with Gasteiger partial charge < -0.3 is 29.7 Å². The third-order valence-corrected chi connectivity index (χ3v) is 8.07. The molecule has 2 aliphatic rings. The minimum atomic E-state index is -3.13. The number of pyridine rings is 1. The van der Waals surface area contributed by atoms with E-state index in [1.807, 2.05) is 12.1 Å². The molecule has 0 bridgehead atoms. The zero-order valence-electron chi connectivity index (χ0n) is 24.6. The average Bonchev–Trinajstić information content (AvgIpc) is 3.05. The Balaban J connectivity index is 1.24. The van der Waals surface area contributed by atoms with Crippen LogP contribution in [0.15, 0.2) is 42.6 Å². The number of rotatable bonds is 9. The molecule has 232 valence electrons. The molecule has 13 heteroatoms. The molecule has 2 saturated heterocycles. The van der Waals surface area contributed by atoms with Crippen molar-refractivity contribution < 1.29 is 28.2 Å². The number of anilines is 2. The van der Waals surface area contributed by atoms with Gasteiger partial charge in [0.15, 0.2) is 6.10 Å². The normalized spacial score (nSPS) is 17.2. The first-order valence-corrected chi connectivity index (χ1v) is 14.6. The van der Waals surface area contributed by atoms with Gasteiger partial charge in [0.1, 0.15) is 23.7 Å². The van der Waals surface area contributed by atoms with E-state index >= 15 is 0 Å². The Morgan fingerprint density at radius 1 is 1.09 bits per heavy atom. The number of nitriles is 1. The van der Waals surface area contributed by atoms with Crippen molar-refractivity contribution in [1.29, 1.82) is 5.26 Å². The third kappa shape index (κ3) is 7.20. The summed E-state index contributed by atoms with van der Waals surface area (Å²) in [5.74, 6) is 1.25. The summed E-state index contributed by atoms with van der Waals surface area (Å²) < 4.78 is 37.1. The number of hydrogen-bond acceptors (Lipinski definition) is 10. The Labute approximate surface area is 254 Å². The van der Waals surface area contributed by atoms with Crippen LogP contribution in [0, 0.1) is 11.3 Å². The zero-order valence-corrected chi connectivity index (χ0v) is 24.6. The maximum absolute atomic E-state index is 12.7. The fourth-order valence-electron chi connectivity index (χ4n) is 5.56. The summed E-state index contributed by atoms with van der Waals surface area (Å²) in [4.78, 5) is 29.1. The number of aliphatic hydroxyl groups is 1. The number of aliphatic hydroxyl groups excluding tert-OH is 1. The van der Waals surface area contributed by atoms with Crippen LogP contribution in [0.2, 0.25) is 0 Å². The topological polar surface area (TPSA) is 137 Å². The summed E-state index contributed by atoms with van der Waals surface area (Å²) in [5, 5.41) is 22.4. The molecule has 2 aliphatic heterocycles. The van der Waals surface area contributed by atoms with Crippen LogP contribution in [0.25, 0.3) is 11.3 Å². The number of ether oxygens (including phenoxy) is 2. The van der Waals surface area contributed by atoms with Crippen molar-refractivity contribution in [3.8, 4) is 29.0 Å². The van der Waals surface area contributed by atoms with Gasteiger partial charge in [-0.15, -0.1) is 0 Å². The van der Waals surface area contributed by atoms with E-state index in [0.717, 1.165) is 31.5 Å². The summed E-state index contributed by atoms with van der Waals surface area (Å²) in [6, 6.07) is 13.0. The SMILES string of the molecule is COc1nc(Nc2nccc(-c3ccc(OC4CCN(C(=O)[C@@H](O)C(F)F)CC4)c(C#N)c3)n2)ccc1C1CCN(C)CC1. The summed E-state index contributed by atoms with van der Waals surface area (Å²) in [7, 11) is 3.75. The highest BCUT2D eigenvalue weighted by Gasteiger charge is 2.33. The van der Waals surface area contributed by atoms with Crippen LogP contribution >= 0.6 is 0 Å². The maximum Gasteiger partial charge on any atom is 0.273 e. The molecule has 2 N–H and O–H groups in total. The van der Waals surface area contributed by atoms with Gasteiger partial charge in [0, 0.05) is 43.3 Å². The number of carbonyl (C=O) groups excluding carboxylic acids is 1. The van der Waals surface area contributed by atoms with Gasteiger partial charge in [-0.2, -0.15) is 10.2 Å². The number of methoxy groups -OCH3 is 1. The van der Waals surface area contributed by atoms with Gasteiger partial charge in [0.25, 0.3) is 12.3 Å². The molecular formula is C31H35F2N7O4. The van der Waals surface area contributed by atoms with Crippen LogP contribution in [-0.2, 0) is 4.79 Å². The number of aromatic nitrogens is 3. The lowest BCUT2D eigenvalue weighted by Crippen LogP contribution is -2.47. The molecule has 3 aromatic rings. The molecule has 44 heavy (non-hydrogen) atoms. The largest absolute Gasteiger partial charge is 0.489 e. The highest BCUT2D eigenvalue weighted by Crippen LogP contribution is 2.34. The molecule has 1 aromatic carbocycles. The van der Waals surface area contributed by atoms with E-state index in [4.69, 9.17) is 9.47 Å². The third-order valence-electron chi connectivity index (χ3n) is 8.07. The fourth-order valence-corrected chi connectivity index (χ4v) is 5.56. The zero-order chi connectivity index (χ0) is 31.2. The summed E-state index contributed by atoms with van der Waals surface area (Å²) in [6.07, 6.45) is -1.28. The summed E-state index contributed by atoms with van der Waals surface area (Å²) in [5.41, 5.74) is 2.67. The molecule has 2 fully saturated rings. The molecule has 4 heterocycles. The van der Waals surface area contributed by atoms with Gasteiger partial charge >= 0.3 is 0 Å². The number of nitrogens with one attached hydrogen (secondary N) is 1. The second-order valence-corrected chi connectivity index (χ2v) is 11.0. The summed E-state index contributed by atoms with van der Waals surface area (Å²) >= 11 is 0. The van der Waals surface area contributed by atoms with E-state index in [0.29, 0.717) is 59.0 Å². The highest BCUT2D eigenvalue weighted by molar-refractivity contribution is 5.81.